The number of carbonyl (C=O) groups is 1. The van der Waals surface area contributed by atoms with Crippen molar-refractivity contribution < 1.29 is 14.3 Å². The number of rotatable bonds is 5. The van der Waals surface area contributed by atoms with Gasteiger partial charge < -0.3 is 9.47 Å². The SMILES string of the molecule is CCOC(=O)c1nc(Br)nn1Cc1ccc(OC)cc1. The van der Waals surface area contributed by atoms with Gasteiger partial charge in [-0.05, 0) is 40.5 Å². The Labute approximate surface area is 124 Å². The normalized spacial score (nSPS) is 10.3. The van der Waals surface area contributed by atoms with Gasteiger partial charge in [0.25, 0.3) is 0 Å². The lowest BCUT2D eigenvalue weighted by Gasteiger charge is -2.06. The van der Waals surface area contributed by atoms with Gasteiger partial charge in [0.05, 0.1) is 20.3 Å². The smallest absolute Gasteiger partial charge is 0.376 e. The second-order valence-electron chi connectivity index (χ2n) is 3.93. The van der Waals surface area contributed by atoms with E-state index < -0.39 is 5.97 Å². The van der Waals surface area contributed by atoms with Crippen LogP contribution in [0.3, 0.4) is 0 Å². The number of halogens is 1. The molecule has 0 saturated heterocycles. The lowest BCUT2D eigenvalue weighted by atomic mass is 10.2. The Morgan fingerprint density at radius 1 is 1.35 bits per heavy atom. The zero-order valence-corrected chi connectivity index (χ0v) is 12.8. The molecule has 0 saturated carbocycles. The fourth-order valence-corrected chi connectivity index (χ4v) is 2.03. The highest BCUT2D eigenvalue weighted by Gasteiger charge is 2.17. The van der Waals surface area contributed by atoms with Crippen LogP contribution in [0.4, 0.5) is 0 Å². The molecular formula is C13H14BrN3O3. The van der Waals surface area contributed by atoms with Crippen molar-refractivity contribution in [2.45, 2.75) is 13.5 Å². The maximum atomic E-state index is 11.8. The molecule has 7 heteroatoms. The average Bonchev–Trinajstić information content (AvgIpc) is 2.81. The zero-order valence-electron chi connectivity index (χ0n) is 11.2. The lowest BCUT2D eigenvalue weighted by Crippen LogP contribution is -2.15. The van der Waals surface area contributed by atoms with Crippen molar-refractivity contribution in [3.8, 4) is 5.75 Å². The summed E-state index contributed by atoms with van der Waals surface area (Å²) in [6.07, 6.45) is 0. The Morgan fingerprint density at radius 3 is 2.65 bits per heavy atom. The second-order valence-corrected chi connectivity index (χ2v) is 4.64. The van der Waals surface area contributed by atoms with Gasteiger partial charge in [-0.15, -0.1) is 5.10 Å². The minimum absolute atomic E-state index is 0.176. The monoisotopic (exact) mass is 339 g/mol. The molecule has 0 atom stereocenters. The van der Waals surface area contributed by atoms with Crippen LogP contribution in [0.5, 0.6) is 5.75 Å². The van der Waals surface area contributed by atoms with E-state index in [2.05, 4.69) is 26.0 Å². The first kappa shape index (κ1) is 14.5. The lowest BCUT2D eigenvalue weighted by molar-refractivity contribution is 0.0505. The Balaban J connectivity index is 2.21. The van der Waals surface area contributed by atoms with Crippen LogP contribution in [0.1, 0.15) is 23.1 Å². The molecule has 0 bridgehead atoms. The van der Waals surface area contributed by atoms with Crippen molar-refractivity contribution in [1.82, 2.24) is 14.8 Å². The zero-order chi connectivity index (χ0) is 14.5. The van der Waals surface area contributed by atoms with Crippen LogP contribution in [0.25, 0.3) is 0 Å². The van der Waals surface area contributed by atoms with E-state index in [1.165, 1.54) is 4.68 Å². The highest BCUT2D eigenvalue weighted by atomic mass is 79.9. The molecule has 0 spiro atoms. The van der Waals surface area contributed by atoms with Crippen LogP contribution >= 0.6 is 15.9 Å². The second kappa shape index (κ2) is 6.51. The molecule has 0 N–H and O–H groups in total. The van der Waals surface area contributed by atoms with E-state index >= 15 is 0 Å². The summed E-state index contributed by atoms with van der Waals surface area (Å²) in [6.45, 7) is 2.47. The van der Waals surface area contributed by atoms with Gasteiger partial charge in [-0.1, -0.05) is 12.1 Å². The summed E-state index contributed by atoms with van der Waals surface area (Å²) in [6, 6.07) is 7.52. The van der Waals surface area contributed by atoms with Gasteiger partial charge in [0.2, 0.25) is 10.6 Å². The summed E-state index contributed by atoms with van der Waals surface area (Å²) in [7, 11) is 1.61. The first-order chi connectivity index (χ1) is 9.63. The molecule has 106 valence electrons. The molecule has 0 aliphatic rings. The van der Waals surface area contributed by atoms with Crippen LogP contribution in [-0.4, -0.2) is 34.5 Å². The van der Waals surface area contributed by atoms with Crippen LogP contribution in [0.2, 0.25) is 0 Å². The quantitative estimate of drug-likeness (QED) is 0.782. The van der Waals surface area contributed by atoms with Crippen LogP contribution in [0, 0.1) is 0 Å². The van der Waals surface area contributed by atoms with Crippen molar-refractivity contribution in [1.29, 1.82) is 0 Å². The minimum atomic E-state index is -0.487. The maximum Gasteiger partial charge on any atom is 0.376 e. The average molecular weight is 340 g/mol. The number of carbonyl (C=O) groups excluding carboxylic acids is 1. The molecule has 1 heterocycles. The predicted molar refractivity (Wildman–Crippen MR) is 75.8 cm³/mol. The van der Waals surface area contributed by atoms with Crippen LogP contribution in [-0.2, 0) is 11.3 Å². The van der Waals surface area contributed by atoms with Gasteiger partial charge >= 0.3 is 5.97 Å². The number of hydrogen-bond donors (Lipinski definition) is 0. The molecule has 20 heavy (non-hydrogen) atoms. The number of esters is 1. The Bertz CT molecular complexity index is 595. The summed E-state index contributed by atoms with van der Waals surface area (Å²) >= 11 is 3.17. The Kier molecular flexibility index (Phi) is 4.73. The van der Waals surface area contributed by atoms with E-state index in [0.29, 0.717) is 17.9 Å². The van der Waals surface area contributed by atoms with E-state index in [4.69, 9.17) is 9.47 Å². The summed E-state index contributed by atoms with van der Waals surface area (Å²) in [5.74, 6) is 0.466. The van der Waals surface area contributed by atoms with E-state index in [-0.39, 0.29) is 5.82 Å². The summed E-state index contributed by atoms with van der Waals surface area (Å²) < 4.78 is 11.9. The largest absolute Gasteiger partial charge is 0.497 e. The van der Waals surface area contributed by atoms with Gasteiger partial charge in [-0.25, -0.2) is 9.48 Å². The highest BCUT2D eigenvalue weighted by Crippen LogP contribution is 2.14. The third-order valence-corrected chi connectivity index (χ3v) is 2.93. The number of ether oxygens (including phenoxy) is 2. The molecular weight excluding hydrogens is 326 g/mol. The number of nitrogens with zero attached hydrogens (tertiary/aromatic N) is 3. The van der Waals surface area contributed by atoms with E-state index in [1.54, 1.807) is 14.0 Å². The van der Waals surface area contributed by atoms with Crippen LogP contribution < -0.4 is 4.74 Å². The first-order valence-corrected chi connectivity index (χ1v) is 6.83. The van der Waals surface area contributed by atoms with Crippen LogP contribution in [0.15, 0.2) is 29.0 Å². The van der Waals surface area contributed by atoms with Crippen molar-refractivity contribution in [2.24, 2.45) is 0 Å². The third kappa shape index (κ3) is 3.36. The van der Waals surface area contributed by atoms with Gasteiger partial charge in [-0.2, -0.15) is 4.98 Å². The topological polar surface area (TPSA) is 66.2 Å². The Morgan fingerprint density at radius 2 is 2.05 bits per heavy atom. The fourth-order valence-electron chi connectivity index (χ4n) is 1.68. The molecule has 1 aromatic carbocycles. The standard InChI is InChI=1S/C13H14BrN3O3/c1-3-20-12(18)11-15-13(14)16-17(11)8-9-4-6-10(19-2)7-5-9/h4-7H,3,8H2,1-2H3. The Hall–Kier alpha value is -1.89. The molecule has 2 rings (SSSR count). The molecule has 0 aliphatic heterocycles. The number of hydrogen-bond acceptors (Lipinski definition) is 5. The van der Waals surface area contributed by atoms with E-state index in [0.717, 1.165) is 11.3 Å². The van der Waals surface area contributed by atoms with E-state index in [1.807, 2.05) is 24.3 Å². The van der Waals surface area contributed by atoms with Crippen molar-refractivity contribution in [3.63, 3.8) is 0 Å². The van der Waals surface area contributed by atoms with Gasteiger partial charge in [-0.3, -0.25) is 0 Å². The summed E-state index contributed by atoms with van der Waals surface area (Å²) in [5.41, 5.74) is 0.980. The summed E-state index contributed by atoms with van der Waals surface area (Å²) in [4.78, 5) is 15.8. The molecule has 0 aliphatic carbocycles. The maximum absolute atomic E-state index is 11.8. The molecule has 6 nitrogen and oxygen atoms in total. The molecule has 0 fully saturated rings. The molecule has 2 aromatic rings. The third-order valence-electron chi connectivity index (χ3n) is 2.60. The van der Waals surface area contributed by atoms with Crippen molar-refractivity contribution in [2.75, 3.05) is 13.7 Å². The molecule has 0 radical (unpaired) electrons. The molecule has 1 aromatic heterocycles. The van der Waals surface area contributed by atoms with Crippen molar-refractivity contribution in [3.05, 3.63) is 40.4 Å². The fraction of sp³-hybridized carbons (Fsp3) is 0.308. The number of aromatic nitrogens is 3. The van der Waals surface area contributed by atoms with Gasteiger partial charge in [0.1, 0.15) is 5.75 Å². The predicted octanol–water partition coefficient (Wildman–Crippen LogP) is 2.27. The van der Waals surface area contributed by atoms with Crippen molar-refractivity contribution >= 4 is 21.9 Å². The van der Waals surface area contributed by atoms with E-state index in [9.17, 15) is 4.79 Å². The molecule has 0 amide bonds. The minimum Gasteiger partial charge on any atom is -0.497 e. The highest BCUT2D eigenvalue weighted by molar-refractivity contribution is 9.10. The number of benzene rings is 1. The molecule has 0 unspecified atom stereocenters. The summed E-state index contributed by atoms with van der Waals surface area (Å²) in [5, 5.41) is 4.14. The number of methoxy groups -OCH3 is 1. The van der Waals surface area contributed by atoms with Gasteiger partial charge in [0, 0.05) is 0 Å². The first-order valence-electron chi connectivity index (χ1n) is 6.04. The van der Waals surface area contributed by atoms with Gasteiger partial charge in [0.15, 0.2) is 0 Å².